The summed E-state index contributed by atoms with van der Waals surface area (Å²) in [6.07, 6.45) is 0.634. The van der Waals surface area contributed by atoms with Crippen molar-refractivity contribution in [2.75, 3.05) is 18.1 Å². The van der Waals surface area contributed by atoms with Crippen LogP contribution in [0.1, 0.15) is 27.2 Å². The smallest absolute Gasteiger partial charge is 0.239 e. The van der Waals surface area contributed by atoms with E-state index >= 15 is 0 Å². The van der Waals surface area contributed by atoms with E-state index in [0.717, 1.165) is 0 Å². The van der Waals surface area contributed by atoms with Gasteiger partial charge >= 0.3 is 0 Å². The first-order valence-electron chi connectivity index (χ1n) is 5.99. The average Bonchev–Trinajstić information content (AvgIpc) is 2.14. The van der Waals surface area contributed by atoms with E-state index < -0.39 is 15.9 Å². The molecule has 0 spiro atoms. The van der Waals surface area contributed by atoms with Crippen molar-refractivity contribution in [1.29, 1.82) is 0 Å². The highest BCUT2D eigenvalue weighted by Gasteiger charge is 2.33. The van der Waals surface area contributed by atoms with Crippen LogP contribution in [0.3, 0.4) is 0 Å². The van der Waals surface area contributed by atoms with Crippen LogP contribution in [0.2, 0.25) is 0 Å². The molecule has 100 valence electrons. The molecule has 1 unspecified atom stereocenters. The fourth-order valence-electron chi connectivity index (χ4n) is 2.15. The van der Waals surface area contributed by atoms with Gasteiger partial charge in [0.05, 0.1) is 17.5 Å². The average molecular weight is 262 g/mol. The maximum Gasteiger partial charge on any atom is 0.239 e. The Labute approximate surface area is 103 Å². The molecule has 0 radical (unpaired) electrons. The van der Waals surface area contributed by atoms with E-state index in [9.17, 15) is 13.2 Å². The van der Waals surface area contributed by atoms with Gasteiger partial charge in [-0.05, 0) is 19.3 Å². The zero-order chi connectivity index (χ0) is 13.2. The highest BCUT2D eigenvalue weighted by Crippen LogP contribution is 2.14. The molecule has 0 aromatic heterocycles. The van der Waals surface area contributed by atoms with Crippen LogP contribution >= 0.6 is 0 Å². The zero-order valence-electron chi connectivity index (χ0n) is 10.7. The minimum absolute atomic E-state index is 0.0487. The van der Waals surface area contributed by atoms with E-state index in [4.69, 9.17) is 5.73 Å². The lowest BCUT2D eigenvalue weighted by Gasteiger charge is -2.35. The molecule has 1 amide bonds. The van der Waals surface area contributed by atoms with Gasteiger partial charge in [0.1, 0.15) is 0 Å². The van der Waals surface area contributed by atoms with Gasteiger partial charge in [0.2, 0.25) is 5.91 Å². The first kappa shape index (κ1) is 14.4. The number of hydrogen-bond acceptors (Lipinski definition) is 4. The van der Waals surface area contributed by atoms with Gasteiger partial charge in [-0.1, -0.05) is 13.8 Å². The highest BCUT2D eigenvalue weighted by atomic mass is 32.2. The SMILES string of the molecule is CC(C)C[C@@H](N)C(=O)N1CCS(=O)(=O)CC1C. The Hall–Kier alpha value is -0.620. The van der Waals surface area contributed by atoms with E-state index in [0.29, 0.717) is 12.3 Å². The number of nitrogens with two attached hydrogens (primary N) is 1. The van der Waals surface area contributed by atoms with Crippen LogP contribution in [0.15, 0.2) is 0 Å². The highest BCUT2D eigenvalue weighted by molar-refractivity contribution is 7.91. The number of amides is 1. The van der Waals surface area contributed by atoms with Crippen molar-refractivity contribution >= 4 is 15.7 Å². The Morgan fingerprint density at radius 1 is 1.47 bits per heavy atom. The number of sulfone groups is 1. The Balaban J connectivity index is 2.65. The normalized spacial score (nSPS) is 25.9. The topological polar surface area (TPSA) is 80.5 Å². The quantitative estimate of drug-likeness (QED) is 0.776. The van der Waals surface area contributed by atoms with Gasteiger partial charge in [0, 0.05) is 12.6 Å². The number of rotatable bonds is 3. The maximum absolute atomic E-state index is 12.1. The molecule has 1 fully saturated rings. The molecule has 0 aromatic carbocycles. The molecule has 1 heterocycles. The summed E-state index contributed by atoms with van der Waals surface area (Å²) in [4.78, 5) is 13.7. The Morgan fingerprint density at radius 3 is 2.53 bits per heavy atom. The number of hydrogen-bond donors (Lipinski definition) is 1. The van der Waals surface area contributed by atoms with E-state index in [1.54, 1.807) is 11.8 Å². The molecule has 1 rings (SSSR count). The Morgan fingerprint density at radius 2 is 2.06 bits per heavy atom. The summed E-state index contributed by atoms with van der Waals surface area (Å²) in [6, 6.07) is -0.780. The second-order valence-electron chi connectivity index (χ2n) is 5.23. The molecule has 0 bridgehead atoms. The lowest BCUT2D eigenvalue weighted by atomic mass is 10.0. The zero-order valence-corrected chi connectivity index (χ0v) is 11.5. The molecule has 6 heteroatoms. The van der Waals surface area contributed by atoms with Crippen molar-refractivity contribution in [2.24, 2.45) is 11.7 Å². The van der Waals surface area contributed by atoms with Crippen molar-refractivity contribution in [3.63, 3.8) is 0 Å². The van der Waals surface area contributed by atoms with Crippen LogP contribution in [-0.4, -0.2) is 49.4 Å². The summed E-state index contributed by atoms with van der Waals surface area (Å²) in [7, 11) is -2.98. The van der Waals surface area contributed by atoms with Crippen LogP contribution < -0.4 is 5.73 Å². The lowest BCUT2D eigenvalue weighted by Crippen LogP contribution is -2.54. The van der Waals surface area contributed by atoms with Crippen molar-refractivity contribution in [2.45, 2.75) is 39.3 Å². The van der Waals surface area contributed by atoms with Gasteiger partial charge in [-0.25, -0.2) is 8.42 Å². The number of nitrogens with zero attached hydrogens (tertiary/aromatic N) is 1. The van der Waals surface area contributed by atoms with E-state index in [-0.39, 0.29) is 30.0 Å². The van der Waals surface area contributed by atoms with Gasteiger partial charge in [-0.2, -0.15) is 0 Å². The predicted molar refractivity (Wildman–Crippen MR) is 67.3 cm³/mol. The van der Waals surface area contributed by atoms with Gasteiger partial charge in [-0.15, -0.1) is 0 Å². The molecular formula is C11H22N2O3S. The Bertz CT molecular complexity index is 378. The van der Waals surface area contributed by atoms with Gasteiger partial charge in [0.15, 0.2) is 9.84 Å². The summed E-state index contributed by atoms with van der Waals surface area (Å²) < 4.78 is 22.8. The fourth-order valence-corrected chi connectivity index (χ4v) is 3.70. The monoisotopic (exact) mass is 262 g/mol. The number of carbonyl (C=O) groups is 1. The third-order valence-electron chi connectivity index (χ3n) is 3.00. The summed E-state index contributed by atoms with van der Waals surface area (Å²) in [5.74, 6) is 0.337. The van der Waals surface area contributed by atoms with Crippen LogP contribution in [0, 0.1) is 5.92 Å². The van der Waals surface area contributed by atoms with E-state index in [2.05, 4.69) is 0 Å². The number of carbonyl (C=O) groups excluding carboxylic acids is 1. The second kappa shape index (κ2) is 5.35. The largest absolute Gasteiger partial charge is 0.337 e. The van der Waals surface area contributed by atoms with Gasteiger partial charge in [-0.3, -0.25) is 4.79 Å². The molecule has 17 heavy (non-hydrogen) atoms. The minimum Gasteiger partial charge on any atom is -0.337 e. The van der Waals surface area contributed by atoms with Crippen LogP contribution in [0.25, 0.3) is 0 Å². The molecular weight excluding hydrogens is 240 g/mol. The minimum atomic E-state index is -2.98. The van der Waals surface area contributed by atoms with Crippen molar-refractivity contribution in [3.05, 3.63) is 0 Å². The molecule has 2 N–H and O–H groups in total. The Kier molecular flexibility index (Phi) is 4.55. The first-order chi connectivity index (χ1) is 7.73. The summed E-state index contributed by atoms with van der Waals surface area (Å²) in [5, 5.41) is 0. The maximum atomic E-state index is 12.1. The molecule has 0 aliphatic carbocycles. The second-order valence-corrected chi connectivity index (χ2v) is 7.46. The third kappa shape index (κ3) is 3.96. The molecule has 1 aliphatic rings. The molecule has 2 atom stereocenters. The molecule has 1 aliphatic heterocycles. The molecule has 0 aromatic rings. The van der Waals surface area contributed by atoms with Gasteiger partial charge in [0.25, 0.3) is 0 Å². The summed E-state index contributed by atoms with van der Waals surface area (Å²) in [5.41, 5.74) is 5.84. The first-order valence-corrected chi connectivity index (χ1v) is 7.81. The van der Waals surface area contributed by atoms with Crippen molar-refractivity contribution in [1.82, 2.24) is 4.90 Å². The summed E-state index contributed by atoms with van der Waals surface area (Å²) in [6.45, 7) is 6.05. The van der Waals surface area contributed by atoms with Gasteiger partial charge < -0.3 is 10.6 Å². The standard InChI is InChI=1S/C11H22N2O3S/c1-8(2)6-10(12)11(14)13-4-5-17(15,16)7-9(13)3/h8-10H,4-7,12H2,1-3H3/t9?,10-/m1/s1. The molecule has 1 saturated heterocycles. The molecule has 5 nitrogen and oxygen atoms in total. The lowest BCUT2D eigenvalue weighted by molar-refractivity contribution is -0.134. The molecule has 0 saturated carbocycles. The third-order valence-corrected chi connectivity index (χ3v) is 4.79. The fraction of sp³-hybridized carbons (Fsp3) is 0.909. The van der Waals surface area contributed by atoms with Crippen LogP contribution in [0.4, 0.5) is 0 Å². The predicted octanol–water partition coefficient (Wildman–Crippen LogP) is 0.00530. The van der Waals surface area contributed by atoms with E-state index in [1.165, 1.54) is 0 Å². The van der Waals surface area contributed by atoms with Crippen LogP contribution in [0.5, 0.6) is 0 Å². The van der Waals surface area contributed by atoms with E-state index in [1.807, 2.05) is 13.8 Å². The van der Waals surface area contributed by atoms with Crippen LogP contribution in [-0.2, 0) is 14.6 Å². The van der Waals surface area contributed by atoms with Crippen molar-refractivity contribution in [3.8, 4) is 0 Å². The summed E-state index contributed by atoms with van der Waals surface area (Å²) >= 11 is 0. The van der Waals surface area contributed by atoms with Crippen molar-refractivity contribution < 1.29 is 13.2 Å².